The fourth-order valence-electron chi connectivity index (χ4n) is 6.29. The van der Waals surface area contributed by atoms with Gasteiger partial charge in [-0.3, -0.25) is 14.6 Å². The molecule has 10 heteroatoms. The number of carbonyl (C=O) groups excluding carboxylic acids is 2. The van der Waals surface area contributed by atoms with Crippen molar-refractivity contribution in [3.8, 4) is 23.0 Å². The SMILES string of the molecule is COc1cc2c(Oc3ccc(NC(=O)C4(C(=O)Nc5ccc(C)cc5)CC4)cc3F)ccnc2cc1OCC1(NC2CCCC2)CC1. The summed E-state index contributed by atoms with van der Waals surface area (Å²) < 4.78 is 33.3. The summed E-state index contributed by atoms with van der Waals surface area (Å²) in [5.41, 5.74) is 1.37. The molecule has 0 aliphatic heterocycles. The molecule has 3 aliphatic carbocycles. The van der Waals surface area contributed by atoms with Crippen molar-refractivity contribution < 1.29 is 28.2 Å². The quantitative estimate of drug-likeness (QED) is 0.140. The van der Waals surface area contributed by atoms with Crippen LogP contribution in [0.5, 0.6) is 23.0 Å². The molecule has 3 saturated carbocycles. The van der Waals surface area contributed by atoms with Gasteiger partial charge in [0.2, 0.25) is 11.8 Å². The molecule has 0 radical (unpaired) electrons. The standard InChI is InChI=1S/C37H39FN4O5/c1-23-7-9-24(10-8-23)40-34(43)37(16-17-37)35(44)41-26-11-12-31(28(38)19-26)47-30-13-18-39-29-21-33(32(45-2)20-27(29)30)46-22-36(14-15-36)42-25-5-3-4-6-25/h7-13,18-21,25,42H,3-6,14-17,22H2,1-2H3,(H,40,43)(H,41,44). The number of pyridine rings is 1. The lowest BCUT2D eigenvalue weighted by Gasteiger charge is -2.23. The first-order valence-corrected chi connectivity index (χ1v) is 16.3. The van der Waals surface area contributed by atoms with Gasteiger partial charge in [-0.2, -0.15) is 0 Å². The minimum Gasteiger partial charge on any atom is -0.493 e. The van der Waals surface area contributed by atoms with E-state index in [0.29, 0.717) is 59.3 Å². The third-order valence-electron chi connectivity index (χ3n) is 9.55. The summed E-state index contributed by atoms with van der Waals surface area (Å²) in [5, 5.41) is 9.98. The number of aryl methyl sites for hydroxylation is 1. The summed E-state index contributed by atoms with van der Waals surface area (Å²) in [7, 11) is 1.58. The summed E-state index contributed by atoms with van der Waals surface area (Å²) in [6.45, 7) is 2.51. The maximum Gasteiger partial charge on any atom is 0.240 e. The van der Waals surface area contributed by atoms with E-state index in [1.165, 1.54) is 37.8 Å². The fraction of sp³-hybridized carbons (Fsp3) is 0.378. The molecule has 0 spiro atoms. The third-order valence-corrected chi connectivity index (χ3v) is 9.55. The van der Waals surface area contributed by atoms with Gasteiger partial charge in [-0.1, -0.05) is 30.5 Å². The number of rotatable bonds is 12. The Labute approximate surface area is 273 Å². The molecule has 3 fully saturated rings. The third kappa shape index (κ3) is 6.60. The first-order valence-electron chi connectivity index (χ1n) is 16.3. The van der Waals surface area contributed by atoms with Crippen molar-refractivity contribution >= 4 is 34.1 Å². The van der Waals surface area contributed by atoms with Crippen LogP contribution < -0.4 is 30.2 Å². The van der Waals surface area contributed by atoms with E-state index in [0.717, 1.165) is 18.4 Å². The Morgan fingerprint density at radius 2 is 1.55 bits per heavy atom. The normalized spacial score (nSPS) is 17.6. The fourth-order valence-corrected chi connectivity index (χ4v) is 6.29. The van der Waals surface area contributed by atoms with E-state index in [-0.39, 0.29) is 22.9 Å². The van der Waals surface area contributed by atoms with Crippen molar-refractivity contribution in [1.29, 1.82) is 0 Å². The molecule has 2 amide bonds. The smallest absolute Gasteiger partial charge is 0.240 e. The van der Waals surface area contributed by atoms with Gasteiger partial charge in [0.25, 0.3) is 0 Å². The number of amides is 2. The maximum absolute atomic E-state index is 15.3. The second-order valence-corrected chi connectivity index (χ2v) is 13.1. The second kappa shape index (κ2) is 12.5. The van der Waals surface area contributed by atoms with Gasteiger partial charge in [0.05, 0.1) is 18.2 Å². The van der Waals surface area contributed by atoms with Crippen LogP contribution >= 0.6 is 0 Å². The summed E-state index contributed by atoms with van der Waals surface area (Å²) in [4.78, 5) is 30.6. The van der Waals surface area contributed by atoms with Crippen molar-refractivity contribution in [3.63, 3.8) is 0 Å². The Morgan fingerprint density at radius 1 is 0.851 bits per heavy atom. The molecule has 244 valence electrons. The molecule has 3 aromatic carbocycles. The predicted molar refractivity (Wildman–Crippen MR) is 178 cm³/mol. The van der Waals surface area contributed by atoms with Crippen molar-refractivity contribution in [1.82, 2.24) is 10.3 Å². The van der Waals surface area contributed by atoms with Gasteiger partial charge in [0.1, 0.15) is 17.8 Å². The zero-order valence-electron chi connectivity index (χ0n) is 26.7. The Kier molecular flexibility index (Phi) is 8.21. The van der Waals surface area contributed by atoms with Crippen LogP contribution in [0.3, 0.4) is 0 Å². The van der Waals surface area contributed by atoms with Crippen LogP contribution in [0.25, 0.3) is 10.9 Å². The van der Waals surface area contributed by atoms with Gasteiger partial charge < -0.3 is 30.2 Å². The molecule has 1 heterocycles. The van der Waals surface area contributed by atoms with Crippen LogP contribution in [0.2, 0.25) is 0 Å². The summed E-state index contributed by atoms with van der Waals surface area (Å²) in [6.07, 6.45) is 9.63. The average Bonchev–Trinajstić information content (AvgIpc) is 3.99. The number of hydrogen-bond acceptors (Lipinski definition) is 7. The lowest BCUT2D eigenvalue weighted by molar-refractivity contribution is -0.131. The molecule has 0 atom stereocenters. The number of fused-ring (bicyclic) bond motifs is 1. The molecule has 0 unspecified atom stereocenters. The number of nitrogens with one attached hydrogen (secondary N) is 3. The van der Waals surface area contributed by atoms with E-state index in [1.54, 1.807) is 43.6 Å². The largest absolute Gasteiger partial charge is 0.493 e. The molecule has 3 N–H and O–H groups in total. The number of methoxy groups -OCH3 is 1. The van der Waals surface area contributed by atoms with E-state index in [2.05, 4.69) is 20.9 Å². The molecule has 0 bridgehead atoms. The minimum absolute atomic E-state index is 0.0175. The van der Waals surface area contributed by atoms with Gasteiger partial charge >= 0.3 is 0 Å². The Hall–Kier alpha value is -4.70. The van der Waals surface area contributed by atoms with Gasteiger partial charge in [-0.15, -0.1) is 0 Å². The van der Waals surface area contributed by atoms with E-state index < -0.39 is 17.1 Å². The highest BCUT2D eigenvalue weighted by molar-refractivity contribution is 6.16. The Balaban J connectivity index is 1.02. The maximum atomic E-state index is 15.3. The zero-order valence-corrected chi connectivity index (χ0v) is 26.7. The van der Waals surface area contributed by atoms with Crippen molar-refractivity contribution in [2.75, 3.05) is 24.4 Å². The molecule has 1 aromatic heterocycles. The van der Waals surface area contributed by atoms with Crippen molar-refractivity contribution in [2.45, 2.75) is 69.9 Å². The molecular formula is C37H39FN4O5. The number of ether oxygens (including phenoxy) is 3. The minimum atomic E-state index is -1.18. The van der Waals surface area contributed by atoms with E-state index in [4.69, 9.17) is 14.2 Å². The first kappa shape index (κ1) is 30.9. The zero-order chi connectivity index (χ0) is 32.6. The van der Waals surface area contributed by atoms with Gasteiger partial charge in [-0.25, -0.2) is 4.39 Å². The van der Waals surface area contributed by atoms with Gasteiger partial charge in [-0.05, 0) is 81.8 Å². The molecule has 0 saturated heterocycles. The van der Waals surface area contributed by atoms with E-state index >= 15 is 4.39 Å². The van der Waals surface area contributed by atoms with Crippen LogP contribution in [-0.4, -0.2) is 42.1 Å². The number of anilines is 2. The number of nitrogens with zero attached hydrogens (tertiary/aromatic N) is 1. The van der Waals surface area contributed by atoms with Gasteiger partial charge in [0, 0.05) is 41.1 Å². The monoisotopic (exact) mass is 638 g/mol. The highest BCUT2D eigenvalue weighted by atomic mass is 19.1. The van der Waals surface area contributed by atoms with Crippen molar-refractivity contribution in [3.05, 3.63) is 78.2 Å². The van der Waals surface area contributed by atoms with Gasteiger partial charge in [0.15, 0.2) is 23.1 Å². The lowest BCUT2D eigenvalue weighted by Crippen LogP contribution is -2.42. The van der Waals surface area contributed by atoms with Crippen LogP contribution in [0.1, 0.15) is 56.9 Å². The Morgan fingerprint density at radius 3 is 2.21 bits per heavy atom. The number of carbonyl (C=O) groups is 2. The summed E-state index contributed by atoms with van der Waals surface area (Å²) in [6, 6.07) is 17.4. The number of hydrogen-bond donors (Lipinski definition) is 3. The van der Waals surface area contributed by atoms with Crippen LogP contribution in [0, 0.1) is 18.2 Å². The average molecular weight is 639 g/mol. The molecule has 4 aromatic rings. The molecular weight excluding hydrogens is 599 g/mol. The topological polar surface area (TPSA) is 111 Å². The Bertz CT molecular complexity index is 1810. The predicted octanol–water partition coefficient (Wildman–Crippen LogP) is 7.28. The number of benzene rings is 3. The summed E-state index contributed by atoms with van der Waals surface area (Å²) in [5.74, 6) is -0.0213. The number of halogens is 1. The van der Waals surface area contributed by atoms with E-state index in [1.807, 2.05) is 25.1 Å². The molecule has 3 aliphatic rings. The lowest BCUT2D eigenvalue weighted by atomic mass is 10.0. The summed E-state index contributed by atoms with van der Waals surface area (Å²) >= 11 is 0. The molecule has 7 rings (SSSR count). The molecule has 9 nitrogen and oxygen atoms in total. The van der Waals surface area contributed by atoms with Crippen LogP contribution in [0.4, 0.5) is 15.8 Å². The highest BCUT2D eigenvalue weighted by Gasteiger charge is 2.56. The van der Waals surface area contributed by atoms with Crippen LogP contribution in [-0.2, 0) is 9.59 Å². The highest BCUT2D eigenvalue weighted by Crippen LogP contribution is 2.48. The van der Waals surface area contributed by atoms with Crippen molar-refractivity contribution in [2.24, 2.45) is 5.41 Å². The van der Waals surface area contributed by atoms with E-state index in [9.17, 15) is 9.59 Å². The first-order chi connectivity index (χ1) is 22.8. The molecule has 47 heavy (non-hydrogen) atoms. The second-order valence-electron chi connectivity index (χ2n) is 13.1. The van der Waals surface area contributed by atoms with Crippen LogP contribution in [0.15, 0.2) is 66.9 Å². The number of aromatic nitrogens is 1.